The lowest BCUT2D eigenvalue weighted by atomic mass is 9.79. The van der Waals surface area contributed by atoms with Crippen molar-refractivity contribution >= 4 is 39.1 Å². The van der Waals surface area contributed by atoms with Crippen molar-refractivity contribution in [2.75, 3.05) is 0 Å². The van der Waals surface area contributed by atoms with E-state index in [0.29, 0.717) is 0 Å². The van der Waals surface area contributed by atoms with Crippen molar-refractivity contribution in [3.63, 3.8) is 0 Å². The van der Waals surface area contributed by atoms with Gasteiger partial charge in [0.25, 0.3) is 0 Å². The van der Waals surface area contributed by atoms with Gasteiger partial charge >= 0.3 is 0 Å². The summed E-state index contributed by atoms with van der Waals surface area (Å²) in [7, 11) is 1.23. The molecule has 0 saturated heterocycles. The zero-order valence-electron chi connectivity index (χ0n) is 5.04. The molecule has 8 heavy (non-hydrogen) atoms. The monoisotopic (exact) mass is 168 g/mol. The van der Waals surface area contributed by atoms with Crippen molar-refractivity contribution in [1.82, 2.24) is 4.89 Å². The predicted molar refractivity (Wildman–Crippen MR) is 43.2 cm³/mol. The molecule has 1 N–H and O–H groups in total. The maximum Gasteiger partial charge on any atom is 0.222 e. The minimum atomic E-state index is -0.584. The van der Waals surface area contributed by atoms with Crippen molar-refractivity contribution in [3.8, 4) is 0 Å². The van der Waals surface area contributed by atoms with E-state index >= 15 is 0 Å². The molecular weight excluding hydrogens is 160 g/mol. The quantitative estimate of drug-likeness (QED) is 0.366. The Morgan fingerprint density at radius 3 is 2.25 bits per heavy atom. The molecule has 0 rings (SSSR count). The Labute approximate surface area is 63.0 Å². The molecule has 1 radical (unpaired) electrons. The Bertz CT molecular complexity index is 64.8. The molecule has 0 amide bonds. The summed E-state index contributed by atoms with van der Waals surface area (Å²) in [5, 5.41) is 0. The van der Waals surface area contributed by atoms with E-state index in [1.165, 1.54) is 0 Å². The molecule has 0 atom stereocenters. The van der Waals surface area contributed by atoms with Gasteiger partial charge in [-0.05, 0) is 0 Å². The largest absolute Gasteiger partial charge is 0.375 e. The van der Waals surface area contributed by atoms with Crippen molar-refractivity contribution in [1.29, 1.82) is 0 Å². The average Bonchev–Trinajstić information content (AvgIpc) is 1.59. The van der Waals surface area contributed by atoms with Gasteiger partial charge in [0.2, 0.25) is 7.41 Å². The molecule has 0 fully saturated rings. The summed E-state index contributed by atoms with van der Waals surface area (Å²) >= 11 is 11.2. The van der Waals surface area contributed by atoms with Gasteiger partial charge < -0.3 is 4.89 Å². The summed E-state index contributed by atoms with van der Waals surface area (Å²) in [6.45, 7) is 3.81. The minimum Gasteiger partial charge on any atom is -0.375 e. The molecule has 47 valence electrons. The smallest absolute Gasteiger partial charge is 0.222 e. The molecular formula is C3H9BCl2NSi. The molecule has 0 heterocycles. The second-order valence-electron chi connectivity index (χ2n) is 2.05. The van der Waals surface area contributed by atoms with E-state index in [4.69, 9.17) is 22.7 Å². The van der Waals surface area contributed by atoms with Crippen LogP contribution in [-0.4, -0.2) is 21.2 Å². The van der Waals surface area contributed by atoms with Gasteiger partial charge in [0.15, 0.2) is 8.99 Å². The van der Waals surface area contributed by atoms with Crippen molar-refractivity contribution in [3.05, 3.63) is 0 Å². The van der Waals surface area contributed by atoms with Crippen LogP contribution in [0.4, 0.5) is 0 Å². The standard InChI is InChI=1S/C3H9BCl2NSi/c1-3(2,5)4-7-8-6/h7H,8H2,1-2H3. The molecule has 0 aliphatic rings. The molecule has 0 aromatic carbocycles. The van der Waals surface area contributed by atoms with E-state index in [1.807, 2.05) is 21.3 Å². The summed E-state index contributed by atoms with van der Waals surface area (Å²) in [5.41, 5.74) is 0. The predicted octanol–water partition coefficient (Wildman–Crippen LogP) is 0.408. The molecule has 0 spiro atoms. The van der Waals surface area contributed by atoms with Crippen LogP contribution in [0.25, 0.3) is 0 Å². The number of nitrogens with one attached hydrogen (secondary N) is 1. The first kappa shape index (κ1) is 8.82. The van der Waals surface area contributed by atoms with E-state index in [9.17, 15) is 0 Å². The molecule has 0 aliphatic heterocycles. The number of hydrogen-bond acceptors (Lipinski definition) is 1. The second-order valence-corrected chi connectivity index (χ2v) is 4.50. The lowest BCUT2D eigenvalue weighted by Gasteiger charge is -2.11. The summed E-state index contributed by atoms with van der Waals surface area (Å²) in [6.07, 6.45) is 0. The highest BCUT2D eigenvalue weighted by molar-refractivity contribution is 6.95. The highest BCUT2D eigenvalue weighted by Gasteiger charge is 2.13. The van der Waals surface area contributed by atoms with Gasteiger partial charge in [-0.15, -0.1) is 11.6 Å². The van der Waals surface area contributed by atoms with Gasteiger partial charge in [0.1, 0.15) is 0 Å². The maximum atomic E-state index is 5.76. The van der Waals surface area contributed by atoms with Crippen LogP contribution in [0.5, 0.6) is 0 Å². The third-order valence-corrected chi connectivity index (χ3v) is 1.45. The summed E-state index contributed by atoms with van der Waals surface area (Å²) in [6, 6.07) is 0. The molecule has 0 unspecified atom stereocenters. The Balaban J connectivity index is 3.11. The van der Waals surface area contributed by atoms with Crippen LogP contribution in [0.2, 0.25) is 0 Å². The van der Waals surface area contributed by atoms with Crippen LogP contribution in [0, 0.1) is 0 Å². The Kier molecular flexibility index (Phi) is 4.16. The first-order valence-corrected chi connectivity index (χ1v) is 5.61. The highest BCUT2D eigenvalue weighted by Crippen LogP contribution is 2.07. The van der Waals surface area contributed by atoms with Crippen LogP contribution >= 0.6 is 22.7 Å². The van der Waals surface area contributed by atoms with Crippen LogP contribution < -0.4 is 4.89 Å². The number of halogens is 2. The van der Waals surface area contributed by atoms with Crippen LogP contribution in [0.15, 0.2) is 0 Å². The van der Waals surface area contributed by atoms with Crippen molar-refractivity contribution in [2.24, 2.45) is 0 Å². The topological polar surface area (TPSA) is 12.0 Å². The van der Waals surface area contributed by atoms with Gasteiger partial charge in [-0.3, -0.25) is 0 Å². The Hall–Kier alpha value is 0.822. The molecule has 5 heteroatoms. The fraction of sp³-hybridized carbons (Fsp3) is 1.00. The molecule has 0 aromatic rings. The fourth-order valence-electron chi connectivity index (χ4n) is 0.281. The first-order chi connectivity index (χ1) is 3.56. The average molecular weight is 169 g/mol. The van der Waals surface area contributed by atoms with Gasteiger partial charge in [-0.25, -0.2) is 0 Å². The van der Waals surface area contributed by atoms with E-state index < -0.39 is 8.99 Å². The van der Waals surface area contributed by atoms with E-state index in [-0.39, 0.29) is 4.77 Å². The molecule has 1 nitrogen and oxygen atoms in total. The van der Waals surface area contributed by atoms with Gasteiger partial charge in [0.05, 0.1) is 0 Å². The zero-order valence-corrected chi connectivity index (χ0v) is 7.97. The molecule has 0 aliphatic carbocycles. The number of alkyl halides is 1. The van der Waals surface area contributed by atoms with Crippen LogP contribution in [0.3, 0.4) is 0 Å². The van der Waals surface area contributed by atoms with Gasteiger partial charge in [-0.1, -0.05) is 13.8 Å². The SMILES string of the molecule is CC(C)(Cl)[B]N[SiH2]Cl. The van der Waals surface area contributed by atoms with E-state index in [2.05, 4.69) is 4.89 Å². The first-order valence-electron chi connectivity index (χ1n) is 2.39. The highest BCUT2D eigenvalue weighted by atomic mass is 35.6. The third kappa shape index (κ3) is 6.82. The Morgan fingerprint density at radius 1 is 1.62 bits per heavy atom. The third-order valence-electron chi connectivity index (χ3n) is 0.522. The fourth-order valence-corrected chi connectivity index (χ4v) is 1.31. The number of rotatable bonds is 3. The Morgan fingerprint density at radius 2 is 2.12 bits per heavy atom. The van der Waals surface area contributed by atoms with Gasteiger partial charge in [-0.2, -0.15) is 11.1 Å². The minimum absolute atomic E-state index is 0.262. The molecule has 0 bridgehead atoms. The lowest BCUT2D eigenvalue weighted by Crippen LogP contribution is -2.35. The number of hydrogen-bond donors (Lipinski definition) is 1. The van der Waals surface area contributed by atoms with Crippen molar-refractivity contribution < 1.29 is 0 Å². The zero-order chi connectivity index (χ0) is 6.62. The van der Waals surface area contributed by atoms with Crippen molar-refractivity contribution in [2.45, 2.75) is 18.6 Å². The summed E-state index contributed by atoms with van der Waals surface area (Å²) in [4.78, 5) is 2.94. The van der Waals surface area contributed by atoms with Crippen LogP contribution in [-0.2, 0) is 0 Å². The lowest BCUT2D eigenvalue weighted by molar-refractivity contribution is 0.964. The van der Waals surface area contributed by atoms with E-state index in [0.717, 1.165) is 0 Å². The summed E-state index contributed by atoms with van der Waals surface area (Å²) < 4.78 is -0.262. The molecule has 0 saturated carbocycles. The van der Waals surface area contributed by atoms with E-state index in [1.54, 1.807) is 0 Å². The van der Waals surface area contributed by atoms with Gasteiger partial charge in [0, 0.05) is 4.77 Å². The van der Waals surface area contributed by atoms with Crippen LogP contribution in [0.1, 0.15) is 13.8 Å². The normalized spacial score (nSPS) is 13.0. The summed E-state index contributed by atoms with van der Waals surface area (Å²) in [5.74, 6) is 0. The second kappa shape index (κ2) is 3.77. The molecule has 0 aromatic heterocycles. The maximum absolute atomic E-state index is 5.76.